The van der Waals surface area contributed by atoms with Crippen molar-refractivity contribution in [2.45, 2.75) is 39.3 Å². The second kappa shape index (κ2) is 14.1. The summed E-state index contributed by atoms with van der Waals surface area (Å²) >= 11 is 6.07. The lowest BCUT2D eigenvalue weighted by Crippen LogP contribution is -2.47. The number of benzene rings is 4. The van der Waals surface area contributed by atoms with Crippen molar-refractivity contribution in [1.82, 2.24) is 5.32 Å². The SMILES string of the molecule is C=CC[C@H](C(N)=O)[C@@H](CC(C)C)C(=O)NC1C(=O)N(Cc2cccc(-c3ccc(F)c(Cl)c3)c2)c2ccccc2-c2ccccc21. The monoisotopic (exact) mass is 637 g/mol. The standard InChI is InChI=1S/C38H37ClFN3O3/c1-4-10-30(36(41)44)31(19-23(2)3)37(45)42-35-29-15-6-5-13-27(29)28-14-7-8-16-34(28)43(38(35)46)22-24-11-9-12-25(20-24)26-17-18-33(40)32(39)21-26/h4-9,11-18,20-21,23,30-31,35H,1,10,19,22H2,2-3H3,(H2,41,44)(H,42,45)/t30-,31+,35?/m0/s1. The molecule has 0 fully saturated rings. The highest BCUT2D eigenvalue weighted by Gasteiger charge is 2.38. The highest BCUT2D eigenvalue weighted by atomic mass is 35.5. The summed E-state index contributed by atoms with van der Waals surface area (Å²) in [5, 5.41) is 3.07. The first-order chi connectivity index (χ1) is 22.1. The van der Waals surface area contributed by atoms with Crippen LogP contribution in [0.3, 0.4) is 0 Å². The van der Waals surface area contributed by atoms with Gasteiger partial charge in [0, 0.05) is 5.56 Å². The molecule has 0 spiro atoms. The average Bonchev–Trinajstić information content (AvgIpc) is 3.13. The Labute approximate surface area is 274 Å². The molecule has 4 aromatic carbocycles. The molecule has 3 amide bonds. The third-order valence-electron chi connectivity index (χ3n) is 8.41. The first kappa shape index (κ1) is 32.6. The average molecular weight is 638 g/mol. The van der Waals surface area contributed by atoms with Gasteiger partial charge in [0.2, 0.25) is 11.8 Å². The lowest BCUT2D eigenvalue weighted by molar-refractivity contribution is -0.135. The predicted molar refractivity (Wildman–Crippen MR) is 181 cm³/mol. The second-order valence-electron chi connectivity index (χ2n) is 12.1. The maximum Gasteiger partial charge on any atom is 0.254 e. The van der Waals surface area contributed by atoms with Crippen LogP contribution >= 0.6 is 11.6 Å². The number of rotatable bonds is 11. The lowest BCUT2D eigenvalue weighted by Gasteiger charge is -2.30. The van der Waals surface area contributed by atoms with Crippen LogP contribution in [0.1, 0.15) is 43.9 Å². The molecule has 5 rings (SSSR count). The molecular formula is C38H37ClFN3O3. The third-order valence-corrected chi connectivity index (χ3v) is 8.70. The number of carbonyl (C=O) groups is 3. The number of para-hydroxylation sites is 1. The normalized spacial score (nSPS) is 15.4. The molecule has 0 saturated heterocycles. The Morgan fingerprint density at radius 1 is 0.957 bits per heavy atom. The Bertz CT molecular complexity index is 1790. The van der Waals surface area contributed by atoms with E-state index < -0.39 is 35.5 Å². The zero-order valence-corrected chi connectivity index (χ0v) is 26.6. The van der Waals surface area contributed by atoms with Crippen LogP contribution in [0.5, 0.6) is 0 Å². The van der Waals surface area contributed by atoms with Gasteiger partial charge in [-0.1, -0.05) is 98.3 Å². The van der Waals surface area contributed by atoms with Crippen LogP contribution in [0.2, 0.25) is 5.02 Å². The van der Waals surface area contributed by atoms with Crippen LogP contribution in [-0.4, -0.2) is 17.7 Å². The molecule has 1 heterocycles. The van der Waals surface area contributed by atoms with Crippen LogP contribution in [0, 0.1) is 23.6 Å². The summed E-state index contributed by atoms with van der Waals surface area (Å²) in [4.78, 5) is 42.9. The zero-order chi connectivity index (χ0) is 33.0. The van der Waals surface area contributed by atoms with E-state index in [1.807, 2.05) is 86.6 Å². The number of fused-ring (bicyclic) bond motifs is 3. The van der Waals surface area contributed by atoms with E-state index in [1.54, 1.807) is 23.1 Å². The number of amides is 3. The van der Waals surface area contributed by atoms with Crippen LogP contribution in [0.4, 0.5) is 10.1 Å². The summed E-state index contributed by atoms with van der Waals surface area (Å²) in [6, 6.07) is 26.4. The highest BCUT2D eigenvalue weighted by Crippen LogP contribution is 2.41. The number of nitrogens with zero attached hydrogens (tertiary/aromatic N) is 1. The molecule has 1 unspecified atom stereocenters. The summed E-state index contributed by atoms with van der Waals surface area (Å²) in [5.74, 6) is -3.20. The van der Waals surface area contributed by atoms with Crippen molar-refractivity contribution in [1.29, 1.82) is 0 Å². The fourth-order valence-electron chi connectivity index (χ4n) is 6.22. The summed E-state index contributed by atoms with van der Waals surface area (Å²) in [6.45, 7) is 7.91. The molecule has 0 aliphatic carbocycles. The Morgan fingerprint density at radius 3 is 2.35 bits per heavy atom. The van der Waals surface area contributed by atoms with Crippen LogP contribution in [0.25, 0.3) is 22.3 Å². The summed E-state index contributed by atoms with van der Waals surface area (Å²) in [7, 11) is 0. The maximum absolute atomic E-state index is 14.7. The molecule has 46 heavy (non-hydrogen) atoms. The Morgan fingerprint density at radius 2 is 1.65 bits per heavy atom. The minimum atomic E-state index is -1.03. The van der Waals surface area contributed by atoms with E-state index in [1.165, 1.54) is 6.07 Å². The number of hydrogen-bond acceptors (Lipinski definition) is 3. The molecule has 0 aromatic heterocycles. The third kappa shape index (κ3) is 6.90. The number of primary amides is 1. The van der Waals surface area contributed by atoms with E-state index in [4.69, 9.17) is 17.3 Å². The van der Waals surface area contributed by atoms with Crippen molar-refractivity contribution in [3.63, 3.8) is 0 Å². The van der Waals surface area contributed by atoms with Crippen molar-refractivity contribution in [2.75, 3.05) is 4.90 Å². The first-order valence-electron chi connectivity index (χ1n) is 15.3. The highest BCUT2D eigenvalue weighted by molar-refractivity contribution is 6.31. The van der Waals surface area contributed by atoms with Crippen molar-refractivity contribution in [3.8, 4) is 22.3 Å². The minimum absolute atomic E-state index is 0.0262. The molecule has 1 aliphatic heterocycles. The Balaban J connectivity index is 1.56. The van der Waals surface area contributed by atoms with Gasteiger partial charge in [-0.3, -0.25) is 14.4 Å². The van der Waals surface area contributed by atoms with Gasteiger partial charge in [-0.05, 0) is 70.8 Å². The molecule has 236 valence electrons. The molecule has 4 aromatic rings. The molecule has 3 N–H and O–H groups in total. The first-order valence-corrected chi connectivity index (χ1v) is 15.7. The minimum Gasteiger partial charge on any atom is -0.369 e. The largest absolute Gasteiger partial charge is 0.369 e. The molecule has 3 atom stereocenters. The number of allylic oxidation sites excluding steroid dienone is 1. The van der Waals surface area contributed by atoms with E-state index in [-0.39, 0.29) is 29.8 Å². The molecule has 6 nitrogen and oxygen atoms in total. The predicted octanol–water partition coefficient (Wildman–Crippen LogP) is 7.86. The van der Waals surface area contributed by atoms with Crippen molar-refractivity contribution in [2.24, 2.45) is 23.5 Å². The number of halogens is 2. The van der Waals surface area contributed by atoms with Gasteiger partial charge < -0.3 is 16.0 Å². The smallest absolute Gasteiger partial charge is 0.254 e. The molecule has 0 radical (unpaired) electrons. The van der Waals surface area contributed by atoms with Gasteiger partial charge in [-0.15, -0.1) is 6.58 Å². The van der Waals surface area contributed by atoms with Crippen LogP contribution in [0.15, 0.2) is 104 Å². The van der Waals surface area contributed by atoms with E-state index >= 15 is 0 Å². The number of anilines is 1. The number of carbonyl (C=O) groups excluding carboxylic acids is 3. The van der Waals surface area contributed by atoms with Crippen LogP contribution < -0.4 is 16.0 Å². The van der Waals surface area contributed by atoms with Gasteiger partial charge in [0.25, 0.3) is 5.91 Å². The van der Waals surface area contributed by atoms with Crippen molar-refractivity contribution >= 4 is 35.0 Å². The number of nitrogens with one attached hydrogen (secondary N) is 1. The van der Waals surface area contributed by atoms with Gasteiger partial charge in [0.05, 0.1) is 29.1 Å². The summed E-state index contributed by atoms with van der Waals surface area (Å²) in [6.07, 6.45) is 2.26. The van der Waals surface area contributed by atoms with Gasteiger partial charge in [-0.25, -0.2) is 4.39 Å². The number of nitrogens with two attached hydrogens (primary N) is 1. The second-order valence-corrected chi connectivity index (χ2v) is 12.5. The lowest BCUT2D eigenvalue weighted by atomic mass is 9.82. The molecule has 0 saturated carbocycles. The quantitative estimate of drug-likeness (QED) is 0.164. The maximum atomic E-state index is 14.7. The molecular weight excluding hydrogens is 601 g/mol. The zero-order valence-electron chi connectivity index (χ0n) is 25.9. The van der Waals surface area contributed by atoms with Gasteiger partial charge >= 0.3 is 0 Å². The molecule has 8 heteroatoms. The van der Waals surface area contributed by atoms with E-state index in [0.29, 0.717) is 17.7 Å². The topological polar surface area (TPSA) is 92.5 Å². The Kier molecular flexibility index (Phi) is 10.0. The van der Waals surface area contributed by atoms with E-state index in [2.05, 4.69) is 11.9 Å². The van der Waals surface area contributed by atoms with Gasteiger partial charge in [-0.2, -0.15) is 0 Å². The van der Waals surface area contributed by atoms with Crippen molar-refractivity contribution < 1.29 is 18.8 Å². The summed E-state index contributed by atoms with van der Waals surface area (Å²) < 4.78 is 13.9. The van der Waals surface area contributed by atoms with Gasteiger partial charge in [0.15, 0.2) is 0 Å². The molecule has 0 bridgehead atoms. The fraction of sp³-hybridized carbons (Fsp3) is 0.237. The van der Waals surface area contributed by atoms with Gasteiger partial charge in [0.1, 0.15) is 11.9 Å². The van der Waals surface area contributed by atoms with Crippen LogP contribution in [-0.2, 0) is 20.9 Å². The summed E-state index contributed by atoms with van der Waals surface area (Å²) in [5.41, 5.74) is 11.2. The Hall–Kier alpha value is -4.75. The van der Waals surface area contributed by atoms with E-state index in [0.717, 1.165) is 27.8 Å². The fourth-order valence-corrected chi connectivity index (χ4v) is 6.40. The van der Waals surface area contributed by atoms with E-state index in [9.17, 15) is 18.8 Å². The number of hydrogen-bond donors (Lipinski definition) is 2. The molecule has 1 aliphatic rings. The van der Waals surface area contributed by atoms with Crippen molar-refractivity contribution in [3.05, 3.63) is 126 Å².